The van der Waals surface area contributed by atoms with Crippen LogP contribution in [0, 0.1) is 6.92 Å². The minimum absolute atomic E-state index is 0.454. The van der Waals surface area contributed by atoms with Crippen LogP contribution < -0.4 is 5.73 Å². The first-order valence-corrected chi connectivity index (χ1v) is 6.32. The number of imidazole rings is 1. The van der Waals surface area contributed by atoms with Gasteiger partial charge in [0.25, 0.3) is 0 Å². The maximum Gasteiger partial charge on any atom is 0.180 e. The predicted octanol–water partition coefficient (Wildman–Crippen LogP) is 3.26. The van der Waals surface area contributed by atoms with Crippen molar-refractivity contribution in [3.8, 4) is 11.6 Å². The number of hydrogen-bond acceptors (Lipinski definition) is 4. The lowest BCUT2D eigenvalue weighted by Crippen LogP contribution is -1.88. The van der Waals surface area contributed by atoms with Gasteiger partial charge in [0.2, 0.25) is 0 Å². The molecule has 5 heteroatoms. The minimum atomic E-state index is 0.454. The zero-order valence-corrected chi connectivity index (χ0v) is 10.8. The number of nitrogens with one attached hydrogen (secondary N) is 1. The Morgan fingerprint density at radius 1 is 1.10 bits per heavy atom. The molecule has 3 N–H and O–H groups in total. The third-order valence-electron chi connectivity index (χ3n) is 3.27. The molecule has 0 fully saturated rings. The zero-order chi connectivity index (χ0) is 13.7. The summed E-state index contributed by atoms with van der Waals surface area (Å²) in [6.45, 7) is 2.06. The Kier molecular flexibility index (Phi) is 2.12. The number of H-pyrrole nitrogens is 1. The molecule has 0 atom stereocenters. The van der Waals surface area contributed by atoms with Gasteiger partial charge < -0.3 is 15.1 Å². The summed E-state index contributed by atoms with van der Waals surface area (Å²) in [6, 6.07) is 11.7. The van der Waals surface area contributed by atoms with Crippen molar-refractivity contribution in [3.05, 3.63) is 42.0 Å². The maximum atomic E-state index is 5.82. The molecule has 0 saturated heterocycles. The van der Waals surface area contributed by atoms with E-state index in [2.05, 4.69) is 27.9 Å². The number of aromatic nitrogens is 3. The average Bonchev–Trinajstić information content (AvgIpc) is 3.00. The van der Waals surface area contributed by atoms with Crippen molar-refractivity contribution in [2.75, 3.05) is 5.73 Å². The highest BCUT2D eigenvalue weighted by atomic mass is 16.3. The molecular formula is C15H12N4O. The lowest BCUT2D eigenvalue weighted by molar-refractivity contribution is 0.626. The van der Waals surface area contributed by atoms with Gasteiger partial charge in [0, 0.05) is 5.39 Å². The van der Waals surface area contributed by atoms with Gasteiger partial charge in [-0.05, 0) is 37.3 Å². The molecule has 0 unspecified atom stereocenters. The molecular weight excluding hydrogens is 252 g/mol. The van der Waals surface area contributed by atoms with Crippen LogP contribution in [0.1, 0.15) is 5.56 Å². The summed E-state index contributed by atoms with van der Waals surface area (Å²) in [5, 5.41) is 1.06. The normalized spacial score (nSPS) is 11.4. The number of fused-ring (bicyclic) bond motifs is 2. The number of aryl methyl sites for hydroxylation is 1. The molecule has 0 aliphatic heterocycles. The first kappa shape index (κ1) is 11.0. The van der Waals surface area contributed by atoms with Crippen molar-refractivity contribution in [1.82, 2.24) is 15.0 Å². The largest absolute Gasteiger partial charge is 0.453 e. The Bertz CT molecular complexity index is 858. The molecule has 20 heavy (non-hydrogen) atoms. The molecule has 5 nitrogen and oxygen atoms in total. The fourth-order valence-corrected chi connectivity index (χ4v) is 2.30. The topological polar surface area (TPSA) is 80.7 Å². The van der Waals surface area contributed by atoms with Gasteiger partial charge in [-0.3, -0.25) is 0 Å². The van der Waals surface area contributed by atoms with Gasteiger partial charge in [-0.1, -0.05) is 11.6 Å². The number of nitrogens with two attached hydrogens (primary N) is 1. The summed E-state index contributed by atoms with van der Waals surface area (Å²) in [6.07, 6.45) is 0. The molecule has 0 bridgehead atoms. The van der Waals surface area contributed by atoms with Gasteiger partial charge in [-0.25, -0.2) is 9.97 Å². The average molecular weight is 264 g/mol. The Morgan fingerprint density at radius 3 is 2.90 bits per heavy atom. The summed E-state index contributed by atoms with van der Waals surface area (Å²) >= 11 is 0. The fourth-order valence-electron chi connectivity index (χ4n) is 2.30. The van der Waals surface area contributed by atoms with Crippen LogP contribution in [0.15, 0.2) is 40.8 Å². The third kappa shape index (κ3) is 1.64. The molecule has 4 aromatic rings. The molecule has 3 aromatic heterocycles. The second kappa shape index (κ2) is 3.84. The molecule has 0 saturated carbocycles. The Labute approximate surface area is 114 Å². The molecule has 0 aliphatic carbocycles. The van der Waals surface area contributed by atoms with E-state index in [-0.39, 0.29) is 0 Å². The number of furan rings is 1. The van der Waals surface area contributed by atoms with Crippen molar-refractivity contribution in [2.24, 2.45) is 0 Å². The van der Waals surface area contributed by atoms with E-state index in [1.165, 1.54) is 5.56 Å². The summed E-state index contributed by atoms with van der Waals surface area (Å²) in [7, 11) is 0. The SMILES string of the molecule is Cc1ccc2oc(-c3nc4nc(N)ccc4[nH]3)cc2c1. The van der Waals surface area contributed by atoms with Gasteiger partial charge in [-0.2, -0.15) is 0 Å². The molecule has 0 aliphatic rings. The van der Waals surface area contributed by atoms with E-state index in [4.69, 9.17) is 10.2 Å². The molecule has 0 amide bonds. The van der Waals surface area contributed by atoms with Gasteiger partial charge >= 0.3 is 0 Å². The second-order valence-electron chi connectivity index (χ2n) is 4.84. The van der Waals surface area contributed by atoms with Crippen LogP contribution in [0.25, 0.3) is 33.7 Å². The third-order valence-corrected chi connectivity index (χ3v) is 3.27. The van der Waals surface area contributed by atoms with E-state index in [0.29, 0.717) is 23.0 Å². The first-order chi connectivity index (χ1) is 9.69. The highest BCUT2D eigenvalue weighted by Gasteiger charge is 2.11. The van der Waals surface area contributed by atoms with Crippen LogP contribution in [0.4, 0.5) is 5.82 Å². The van der Waals surface area contributed by atoms with E-state index in [9.17, 15) is 0 Å². The quantitative estimate of drug-likeness (QED) is 0.553. The number of nitrogens with zero attached hydrogens (tertiary/aromatic N) is 2. The lowest BCUT2D eigenvalue weighted by atomic mass is 10.2. The van der Waals surface area contributed by atoms with Crippen molar-refractivity contribution >= 4 is 28.0 Å². The number of nitrogen functional groups attached to an aromatic ring is 1. The number of rotatable bonds is 1. The lowest BCUT2D eigenvalue weighted by Gasteiger charge is -1.89. The van der Waals surface area contributed by atoms with Crippen LogP contribution >= 0.6 is 0 Å². The monoisotopic (exact) mass is 264 g/mol. The smallest absolute Gasteiger partial charge is 0.180 e. The van der Waals surface area contributed by atoms with Crippen molar-refractivity contribution in [1.29, 1.82) is 0 Å². The van der Waals surface area contributed by atoms with Gasteiger partial charge in [-0.15, -0.1) is 0 Å². The second-order valence-corrected chi connectivity index (χ2v) is 4.84. The van der Waals surface area contributed by atoms with Gasteiger partial charge in [0.15, 0.2) is 17.2 Å². The molecule has 1 aromatic carbocycles. The standard InChI is InChI=1S/C15H12N4O/c1-8-2-4-11-9(6-8)7-12(20-11)15-17-10-3-5-13(16)18-14(10)19-15/h2-7H,1H3,(H3,16,17,18,19). The van der Waals surface area contributed by atoms with Crippen LogP contribution in [0.5, 0.6) is 0 Å². The summed E-state index contributed by atoms with van der Waals surface area (Å²) in [4.78, 5) is 11.8. The van der Waals surface area contributed by atoms with E-state index in [0.717, 1.165) is 16.5 Å². The fraction of sp³-hybridized carbons (Fsp3) is 0.0667. The van der Waals surface area contributed by atoms with Crippen molar-refractivity contribution in [2.45, 2.75) is 6.92 Å². The van der Waals surface area contributed by atoms with E-state index < -0.39 is 0 Å². The summed E-state index contributed by atoms with van der Waals surface area (Å²) < 4.78 is 5.82. The predicted molar refractivity (Wildman–Crippen MR) is 78.2 cm³/mol. The number of aromatic amines is 1. The van der Waals surface area contributed by atoms with Crippen LogP contribution in [0.3, 0.4) is 0 Å². The number of benzene rings is 1. The van der Waals surface area contributed by atoms with Crippen LogP contribution in [-0.2, 0) is 0 Å². The minimum Gasteiger partial charge on any atom is -0.453 e. The molecule has 0 spiro atoms. The maximum absolute atomic E-state index is 5.82. The number of anilines is 1. The summed E-state index contributed by atoms with van der Waals surface area (Å²) in [5.41, 5.74) is 9.14. The van der Waals surface area contributed by atoms with E-state index >= 15 is 0 Å². The van der Waals surface area contributed by atoms with E-state index in [1.807, 2.05) is 24.3 Å². The molecule has 3 heterocycles. The number of hydrogen-bond donors (Lipinski definition) is 2. The van der Waals surface area contributed by atoms with E-state index in [1.54, 1.807) is 6.07 Å². The van der Waals surface area contributed by atoms with Crippen LogP contribution in [-0.4, -0.2) is 15.0 Å². The molecule has 0 radical (unpaired) electrons. The molecule has 4 rings (SSSR count). The highest BCUT2D eigenvalue weighted by Crippen LogP contribution is 2.27. The summed E-state index contributed by atoms with van der Waals surface area (Å²) in [5.74, 6) is 1.81. The van der Waals surface area contributed by atoms with Crippen LogP contribution in [0.2, 0.25) is 0 Å². The Balaban J connectivity index is 1.91. The Hall–Kier alpha value is -2.82. The van der Waals surface area contributed by atoms with Gasteiger partial charge in [0.05, 0.1) is 5.52 Å². The molecule has 98 valence electrons. The zero-order valence-electron chi connectivity index (χ0n) is 10.8. The van der Waals surface area contributed by atoms with Crippen molar-refractivity contribution < 1.29 is 4.42 Å². The highest BCUT2D eigenvalue weighted by molar-refractivity contribution is 5.84. The van der Waals surface area contributed by atoms with Gasteiger partial charge in [0.1, 0.15) is 11.4 Å². The first-order valence-electron chi connectivity index (χ1n) is 6.32. The Morgan fingerprint density at radius 2 is 2.00 bits per heavy atom. The van der Waals surface area contributed by atoms with Crippen molar-refractivity contribution in [3.63, 3.8) is 0 Å². The number of pyridine rings is 1.